The average Bonchev–Trinajstić information content (AvgIpc) is 2.01. The highest BCUT2D eigenvalue weighted by molar-refractivity contribution is 5.66. The Hall–Kier alpha value is -1.06. The lowest BCUT2D eigenvalue weighted by Crippen LogP contribution is -2.00. The Bertz CT molecular complexity index is 147. The van der Waals surface area contributed by atoms with Gasteiger partial charge in [0.25, 0.3) is 0 Å². The van der Waals surface area contributed by atoms with Crippen LogP contribution in [-0.2, 0) is 14.3 Å². The fourth-order valence-corrected chi connectivity index (χ4v) is 0.948. The van der Waals surface area contributed by atoms with Gasteiger partial charge in [0.2, 0.25) is 0 Å². The maximum Gasteiger partial charge on any atom is 0.303 e. The number of ether oxygens (including phenoxy) is 1. The molecule has 0 saturated carbocycles. The summed E-state index contributed by atoms with van der Waals surface area (Å²) in [6.07, 6.45) is 3.55. The minimum Gasteiger partial charge on any atom is -0.481 e. The minimum absolute atomic E-state index is 0.230. The fourth-order valence-electron chi connectivity index (χ4n) is 0.948. The summed E-state index contributed by atoms with van der Waals surface area (Å²) in [5.74, 6) is -1.01. The van der Waals surface area contributed by atoms with Gasteiger partial charge in [-0.3, -0.25) is 9.59 Å². The van der Waals surface area contributed by atoms with E-state index in [1.54, 1.807) is 0 Å². The zero-order valence-corrected chi connectivity index (χ0v) is 7.91. The number of carbonyl (C=O) groups excluding carboxylic acids is 1. The van der Waals surface area contributed by atoms with Crippen molar-refractivity contribution < 1.29 is 19.4 Å². The molecule has 0 spiro atoms. The Labute approximate surface area is 77.9 Å². The molecular formula is C9H16O4. The van der Waals surface area contributed by atoms with Crippen LogP contribution in [0.1, 0.15) is 39.0 Å². The summed E-state index contributed by atoms with van der Waals surface area (Å²) in [5, 5.41) is 8.32. The SMILES string of the molecule is CC(=O)OCCCCCCC(=O)O. The number of esters is 1. The molecule has 0 aliphatic rings. The molecule has 0 aromatic heterocycles. The monoisotopic (exact) mass is 188 g/mol. The van der Waals surface area contributed by atoms with Crippen LogP contribution in [0.3, 0.4) is 0 Å². The Balaban J connectivity index is 3.00. The molecule has 1 N–H and O–H groups in total. The van der Waals surface area contributed by atoms with Crippen molar-refractivity contribution in [2.75, 3.05) is 6.61 Å². The van der Waals surface area contributed by atoms with Gasteiger partial charge in [0, 0.05) is 13.3 Å². The Morgan fingerprint density at radius 1 is 1.15 bits per heavy atom. The van der Waals surface area contributed by atoms with Crippen molar-refractivity contribution in [2.45, 2.75) is 39.0 Å². The number of hydrogen-bond donors (Lipinski definition) is 1. The van der Waals surface area contributed by atoms with E-state index < -0.39 is 5.97 Å². The highest BCUT2D eigenvalue weighted by Gasteiger charge is 1.97. The second-order valence-corrected chi connectivity index (χ2v) is 2.90. The smallest absolute Gasteiger partial charge is 0.303 e. The van der Waals surface area contributed by atoms with E-state index in [9.17, 15) is 9.59 Å². The van der Waals surface area contributed by atoms with Gasteiger partial charge in [0.1, 0.15) is 0 Å². The maximum absolute atomic E-state index is 10.3. The summed E-state index contributed by atoms with van der Waals surface area (Å²) in [6.45, 7) is 1.83. The molecule has 0 rings (SSSR count). The zero-order valence-electron chi connectivity index (χ0n) is 7.91. The molecule has 0 aliphatic heterocycles. The molecule has 0 aromatic carbocycles. The molecule has 0 aromatic rings. The average molecular weight is 188 g/mol. The van der Waals surface area contributed by atoms with Crippen molar-refractivity contribution in [1.29, 1.82) is 0 Å². The second-order valence-electron chi connectivity index (χ2n) is 2.90. The molecule has 0 unspecified atom stereocenters. The van der Waals surface area contributed by atoms with Crippen LogP contribution in [-0.4, -0.2) is 23.7 Å². The number of carboxylic acid groups (broad SMARTS) is 1. The number of rotatable bonds is 7. The van der Waals surface area contributed by atoms with Crippen LogP contribution in [0.15, 0.2) is 0 Å². The number of carboxylic acids is 1. The van der Waals surface area contributed by atoms with Crippen LogP contribution >= 0.6 is 0 Å². The summed E-state index contributed by atoms with van der Waals surface area (Å²) in [6, 6.07) is 0. The molecule has 4 nitrogen and oxygen atoms in total. The molecule has 0 radical (unpaired) electrons. The topological polar surface area (TPSA) is 63.6 Å². The molecule has 0 saturated heterocycles. The lowest BCUT2D eigenvalue weighted by molar-refractivity contribution is -0.141. The van der Waals surface area contributed by atoms with Gasteiger partial charge in [0.05, 0.1) is 6.61 Å². The molecule has 0 atom stereocenters. The van der Waals surface area contributed by atoms with Crippen LogP contribution in [0.4, 0.5) is 0 Å². The molecule has 13 heavy (non-hydrogen) atoms. The van der Waals surface area contributed by atoms with Crippen molar-refractivity contribution in [3.8, 4) is 0 Å². The molecular weight excluding hydrogens is 172 g/mol. The van der Waals surface area contributed by atoms with Crippen molar-refractivity contribution in [3.05, 3.63) is 0 Å². The first-order valence-corrected chi connectivity index (χ1v) is 4.48. The predicted molar refractivity (Wildman–Crippen MR) is 47.4 cm³/mol. The molecule has 76 valence electrons. The van der Waals surface area contributed by atoms with E-state index in [0.717, 1.165) is 19.3 Å². The van der Waals surface area contributed by atoms with E-state index in [2.05, 4.69) is 0 Å². The Morgan fingerprint density at radius 3 is 2.31 bits per heavy atom. The lowest BCUT2D eigenvalue weighted by Gasteiger charge is -2.00. The van der Waals surface area contributed by atoms with Crippen molar-refractivity contribution in [1.82, 2.24) is 0 Å². The highest BCUT2D eigenvalue weighted by atomic mass is 16.5. The van der Waals surface area contributed by atoms with Gasteiger partial charge in [-0.05, 0) is 12.8 Å². The van der Waals surface area contributed by atoms with Gasteiger partial charge in [-0.25, -0.2) is 0 Å². The number of carbonyl (C=O) groups is 2. The van der Waals surface area contributed by atoms with Crippen LogP contribution in [0, 0.1) is 0 Å². The van der Waals surface area contributed by atoms with Crippen LogP contribution in [0.5, 0.6) is 0 Å². The lowest BCUT2D eigenvalue weighted by atomic mass is 10.1. The minimum atomic E-state index is -0.750. The van der Waals surface area contributed by atoms with Crippen LogP contribution in [0.2, 0.25) is 0 Å². The van der Waals surface area contributed by atoms with Crippen LogP contribution in [0.25, 0.3) is 0 Å². The van der Waals surface area contributed by atoms with E-state index in [4.69, 9.17) is 9.84 Å². The summed E-state index contributed by atoms with van der Waals surface area (Å²) in [4.78, 5) is 20.4. The van der Waals surface area contributed by atoms with Gasteiger partial charge >= 0.3 is 11.9 Å². The summed E-state index contributed by atoms with van der Waals surface area (Å²) < 4.78 is 4.71. The van der Waals surface area contributed by atoms with Gasteiger partial charge in [0.15, 0.2) is 0 Å². The van der Waals surface area contributed by atoms with Gasteiger partial charge < -0.3 is 9.84 Å². The standard InChI is InChI=1S/C9H16O4/c1-8(10)13-7-5-3-2-4-6-9(11)12/h2-7H2,1H3,(H,11,12). The Morgan fingerprint density at radius 2 is 1.77 bits per heavy atom. The van der Waals surface area contributed by atoms with Crippen LogP contribution < -0.4 is 0 Å². The number of hydrogen-bond acceptors (Lipinski definition) is 3. The third-order valence-corrected chi connectivity index (χ3v) is 1.59. The normalized spacial score (nSPS) is 9.62. The molecule has 0 heterocycles. The maximum atomic E-state index is 10.3. The third kappa shape index (κ3) is 10.9. The molecule has 0 amide bonds. The van der Waals surface area contributed by atoms with E-state index in [-0.39, 0.29) is 12.4 Å². The van der Waals surface area contributed by atoms with Gasteiger partial charge in [-0.2, -0.15) is 0 Å². The largest absolute Gasteiger partial charge is 0.481 e. The fraction of sp³-hybridized carbons (Fsp3) is 0.778. The van der Waals surface area contributed by atoms with E-state index in [0.29, 0.717) is 13.0 Å². The Kier molecular flexibility index (Phi) is 6.96. The molecule has 4 heteroatoms. The van der Waals surface area contributed by atoms with E-state index in [1.807, 2.05) is 0 Å². The van der Waals surface area contributed by atoms with Crippen molar-refractivity contribution in [3.63, 3.8) is 0 Å². The first kappa shape index (κ1) is 11.9. The van der Waals surface area contributed by atoms with Crippen molar-refractivity contribution in [2.24, 2.45) is 0 Å². The van der Waals surface area contributed by atoms with Gasteiger partial charge in [-0.1, -0.05) is 12.8 Å². The van der Waals surface area contributed by atoms with Gasteiger partial charge in [-0.15, -0.1) is 0 Å². The first-order valence-electron chi connectivity index (χ1n) is 4.48. The quantitative estimate of drug-likeness (QED) is 0.486. The summed E-state index contributed by atoms with van der Waals surface area (Å²) in [7, 11) is 0. The summed E-state index contributed by atoms with van der Waals surface area (Å²) >= 11 is 0. The van der Waals surface area contributed by atoms with E-state index >= 15 is 0 Å². The van der Waals surface area contributed by atoms with E-state index in [1.165, 1.54) is 6.92 Å². The summed E-state index contributed by atoms with van der Waals surface area (Å²) in [5.41, 5.74) is 0. The third-order valence-electron chi connectivity index (χ3n) is 1.59. The number of unbranched alkanes of at least 4 members (excludes halogenated alkanes) is 3. The predicted octanol–water partition coefficient (Wildman–Crippen LogP) is 1.58. The zero-order chi connectivity index (χ0) is 10.1. The van der Waals surface area contributed by atoms with Crippen molar-refractivity contribution >= 4 is 11.9 Å². The molecule has 0 bridgehead atoms. The number of aliphatic carboxylic acids is 1. The molecule has 0 fully saturated rings. The first-order chi connectivity index (χ1) is 6.13. The second kappa shape index (κ2) is 7.58. The highest BCUT2D eigenvalue weighted by Crippen LogP contribution is 2.02. The molecule has 0 aliphatic carbocycles.